The van der Waals surface area contributed by atoms with Crippen molar-refractivity contribution in [3.8, 4) is 12.1 Å². The Labute approximate surface area is 108 Å². The number of nitrogens with zero attached hydrogens (tertiary/aromatic N) is 2. The van der Waals surface area contributed by atoms with E-state index in [1.807, 2.05) is 0 Å². The molecular formula is C15H17N3. The van der Waals surface area contributed by atoms with E-state index in [1.165, 1.54) is 12.8 Å². The molecule has 92 valence electrons. The van der Waals surface area contributed by atoms with Gasteiger partial charge in [-0.2, -0.15) is 10.5 Å². The van der Waals surface area contributed by atoms with Gasteiger partial charge in [-0.1, -0.05) is 25.8 Å². The normalized spacial score (nSPS) is 22.8. The van der Waals surface area contributed by atoms with Crippen molar-refractivity contribution in [1.29, 1.82) is 10.5 Å². The molecule has 1 aromatic carbocycles. The molecule has 0 amide bonds. The standard InChI is InChI=1S/C15H17N3/c1-11-4-2-7-14(8-11)18-15-12(9-16)5-3-6-13(15)10-17/h3,5-6,11,14,18H,2,4,7-8H2,1H3. The van der Waals surface area contributed by atoms with Gasteiger partial charge in [-0.3, -0.25) is 0 Å². The fourth-order valence-corrected chi connectivity index (χ4v) is 2.66. The maximum Gasteiger partial charge on any atom is 0.101 e. The van der Waals surface area contributed by atoms with Crippen molar-refractivity contribution >= 4 is 5.69 Å². The van der Waals surface area contributed by atoms with Crippen molar-refractivity contribution < 1.29 is 0 Å². The van der Waals surface area contributed by atoms with Gasteiger partial charge in [0.25, 0.3) is 0 Å². The summed E-state index contributed by atoms with van der Waals surface area (Å²) in [7, 11) is 0. The summed E-state index contributed by atoms with van der Waals surface area (Å²) in [4.78, 5) is 0. The predicted molar refractivity (Wildman–Crippen MR) is 70.9 cm³/mol. The van der Waals surface area contributed by atoms with Crippen LogP contribution in [-0.2, 0) is 0 Å². The van der Waals surface area contributed by atoms with E-state index in [1.54, 1.807) is 18.2 Å². The fourth-order valence-electron chi connectivity index (χ4n) is 2.66. The average molecular weight is 239 g/mol. The third-order valence-electron chi connectivity index (χ3n) is 3.59. The second-order valence-electron chi connectivity index (χ2n) is 5.06. The first kappa shape index (κ1) is 12.5. The summed E-state index contributed by atoms with van der Waals surface area (Å²) in [5.74, 6) is 0.719. The van der Waals surface area contributed by atoms with E-state index in [9.17, 15) is 0 Å². The van der Waals surface area contributed by atoms with Crippen LogP contribution in [0.25, 0.3) is 0 Å². The van der Waals surface area contributed by atoms with Crippen LogP contribution in [0.15, 0.2) is 18.2 Å². The van der Waals surface area contributed by atoms with E-state index < -0.39 is 0 Å². The highest BCUT2D eigenvalue weighted by molar-refractivity contribution is 5.66. The number of anilines is 1. The Morgan fingerprint density at radius 1 is 1.17 bits per heavy atom. The highest BCUT2D eigenvalue weighted by Gasteiger charge is 2.20. The Balaban J connectivity index is 2.23. The Hall–Kier alpha value is -2.00. The zero-order valence-corrected chi connectivity index (χ0v) is 10.6. The minimum Gasteiger partial charge on any atom is -0.380 e. The molecule has 0 aromatic heterocycles. The van der Waals surface area contributed by atoms with E-state index in [4.69, 9.17) is 10.5 Å². The molecule has 0 radical (unpaired) electrons. The van der Waals surface area contributed by atoms with E-state index in [-0.39, 0.29) is 0 Å². The molecule has 1 aromatic rings. The van der Waals surface area contributed by atoms with Gasteiger partial charge in [0.15, 0.2) is 0 Å². The van der Waals surface area contributed by atoms with Crippen LogP contribution in [0.2, 0.25) is 0 Å². The Morgan fingerprint density at radius 2 is 1.83 bits per heavy atom. The molecule has 0 aliphatic heterocycles. The summed E-state index contributed by atoms with van der Waals surface area (Å²) in [6.07, 6.45) is 4.73. The number of nitrogens with one attached hydrogen (secondary N) is 1. The van der Waals surface area contributed by atoms with E-state index in [0.29, 0.717) is 22.9 Å². The van der Waals surface area contributed by atoms with Crippen molar-refractivity contribution in [2.24, 2.45) is 5.92 Å². The molecule has 2 rings (SSSR count). The van der Waals surface area contributed by atoms with Gasteiger partial charge in [0.2, 0.25) is 0 Å². The third-order valence-corrected chi connectivity index (χ3v) is 3.59. The molecule has 3 nitrogen and oxygen atoms in total. The smallest absolute Gasteiger partial charge is 0.101 e. The van der Waals surface area contributed by atoms with Crippen molar-refractivity contribution in [1.82, 2.24) is 0 Å². The lowest BCUT2D eigenvalue weighted by atomic mass is 9.86. The van der Waals surface area contributed by atoms with Gasteiger partial charge >= 0.3 is 0 Å². The molecule has 1 fully saturated rings. The number of benzene rings is 1. The molecular weight excluding hydrogens is 222 g/mol. The molecule has 1 N–H and O–H groups in total. The summed E-state index contributed by atoms with van der Waals surface area (Å²) < 4.78 is 0. The van der Waals surface area contributed by atoms with Crippen molar-refractivity contribution in [2.75, 3.05) is 5.32 Å². The lowest BCUT2D eigenvalue weighted by molar-refractivity contribution is 0.358. The first-order chi connectivity index (χ1) is 8.74. The second kappa shape index (κ2) is 5.56. The molecule has 0 saturated heterocycles. The number of rotatable bonds is 2. The SMILES string of the molecule is CC1CCCC(Nc2c(C#N)cccc2C#N)C1. The van der Waals surface area contributed by atoms with Crippen LogP contribution >= 0.6 is 0 Å². The highest BCUT2D eigenvalue weighted by atomic mass is 14.9. The van der Waals surface area contributed by atoms with Crippen molar-refractivity contribution in [2.45, 2.75) is 38.6 Å². The molecule has 0 heterocycles. The molecule has 2 unspecified atom stereocenters. The average Bonchev–Trinajstić information content (AvgIpc) is 2.39. The predicted octanol–water partition coefficient (Wildman–Crippen LogP) is 3.42. The van der Waals surface area contributed by atoms with Crippen LogP contribution in [0.1, 0.15) is 43.7 Å². The molecule has 0 spiro atoms. The largest absolute Gasteiger partial charge is 0.380 e. The molecule has 1 aliphatic rings. The van der Waals surface area contributed by atoms with Crippen molar-refractivity contribution in [3.63, 3.8) is 0 Å². The van der Waals surface area contributed by atoms with E-state index in [2.05, 4.69) is 24.4 Å². The third kappa shape index (κ3) is 2.63. The van der Waals surface area contributed by atoms with Gasteiger partial charge in [0, 0.05) is 6.04 Å². The summed E-state index contributed by atoms with van der Waals surface area (Å²) >= 11 is 0. The van der Waals surface area contributed by atoms with Crippen molar-refractivity contribution in [3.05, 3.63) is 29.3 Å². The topological polar surface area (TPSA) is 59.6 Å². The second-order valence-corrected chi connectivity index (χ2v) is 5.06. The van der Waals surface area contributed by atoms with Gasteiger partial charge in [0.05, 0.1) is 16.8 Å². The van der Waals surface area contributed by atoms with Gasteiger partial charge < -0.3 is 5.32 Å². The lowest BCUT2D eigenvalue weighted by Gasteiger charge is -2.28. The number of hydrogen-bond acceptors (Lipinski definition) is 3. The Kier molecular flexibility index (Phi) is 3.85. The minimum absolute atomic E-state index is 0.385. The Morgan fingerprint density at radius 3 is 2.39 bits per heavy atom. The summed E-state index contributed by atoms with van der Waals surface area (Å²) in [5.41, 5.74) is 1.83. The maximum atomic E-state index is 9.12. The zero-order valence-electron chi connectivity index (χ0n) is 10.6. The molecule has 1 saturated carbocycles. The number of para-hydroxylation sites is 1. The first-order valence-corrected chi connectivity index (χ1v) is 6.44. The number of nitriles is 2. The summed E-state index contributed by atoms with van der Waals surface area (Å²) in [5, 5.41) is 21.6. The summed E-state index contributed by atoms with van der Waals surface area (Å²) in [6.45, 7) is 2.26. The minimum atomic E-state index is 0.385. The van der Waals surface area contributed by atoms with Crippen LogP contribution in [-0.4, -0.2) is 6.04 Å². The van der Waals surface area contributed by atoms with Crippen LogP contribution in [0.5, 0.6) is 0 Å². The van der Waals surface area contributed by atoms with Gasteiger partial charge in [-0.05, 0) is 30.9 Å². The first-order valence-electron chi connectivity index (χ1n) is 6.44. The van der Waals surface area contributed by atoms with Crippen LogP contribution < -0.4 is 5.32 Å². The quantitative estimate of drug-likeness (QED) is 0.860. The number of hydrogen-bond donors (Lipinski definition) is 1. The maximum absolute atomic E-state index is 9.12. The van der Waals surface area contributed by atoms with Crippen LogP contribution in [0.3, 0.4) is 0 Å². The molecule has 0 bridgehead atoms. The van der Waals surface area contributed by atoms with Crippen LogP contribution in [0.4, 0.5) is 5.69 Å². The molecule has 2 atom stereocenters. The monoisotopic (exact) mass is 239 g/mol. The lowest BCUT2D eigenvalue weighted by Crippen LogP contribution is -2.27. The molecule has 1 aliphatic carbocycles. The summed E-state index contributed by atoms with van der Waals surface area (Å²) in [6, 6.07) is 9.97. The fraction of sp³-hybridized carbons (Fsp3) is 0.467. The van der Waals surface area contributed by atoms with Gasteiger partial charge in [0.1, 0.15) is 12.1 Å². The molecule has 3 heteroatoms. The van der Waals surface area contributed by atoms with Gasteiger partial charge in [-0.25, -0.2) is 0 Å². The van der Waals surface area contributed by atoms with Crippen LogP contribution in [0, 0.1) is 28.6 Å². The Bertz CT molecular complexity index is 475. The van der Waals surface area contributed by atoms with E-state index >= 15 is 0 Å². The van der Waals surface area contributed by atoms with Gasteiger partial charge in [-0.15, -0.1) is 0 Å². The highest BCUT2D eigenvalue weighted by Crippen LogP contribution is 2.28. The molecule has 18 heavy (non-hydrogen) atoms. The zero-order chi connectivity index (χ0) is 13.0. The van der Waals surface area contributed by atoms with E-state index in [0.717, 1.165) is 18.8 Å².